The van der Waals surface area contributed by atoms with E-state index in [0.717, 1.165) is 5.92 Å². The number of hydrogen-bond donors (Lipinski definition) is 1. The van der Waals surface area contributed by atoms with Crippen molar-refractivity contribution in [3.05, 3.63) is 17.4 Å². The van der Waals surface area contributed by atoms with Gasteiger partial charge in [0, 0.05) is 6.04 Å². The highest BCUT2D eigenvalue weighted by molar-refractivity contribution is 6.30. The van der Waals surface area contributed by atoms with Crippen molar-refractivity contribution >= 4 is 17.5 Å². The molecule has 1 atom stereocenters. The Kier molecular flexibility index (Phi) is 2.87. The Morgan fingerprint density at radius 3 is 2.71 bits per heavy atom. The highest BCUT2D eigenvalue weighted by atomic mass is 35.5. The summed E-state index contributed by atoms with van der Waals surface area (Å²) in [6.07, 6.45) is 7.20. The van der Waals surface area contributed by atoms with Crippen LogP contribution in [-0.4, -0.2) is 16.0 Å². The Balaban J connectivity index is 1.85. The Morgan fingerprint density at radius 1 is 1.50 bits per heavy atom. The number of nitrogens with zero attached hydrogens (tertiary/aromatic N) is 2. The summed E-state index contributed by atoms with van der Waals surface area (Å²) in [5.41, 5.74) is 0. The molecule has 1 aliphatic rings. The van der Waals surface area contributed by atoms with E-state index in [4.69, 9.17) is 11.6 Å². The lowest BCUT2D eigenvalue weighted by Gasteiger charge is -2.12. The van der Waals surface area contributed by atoms with Gasteiger partial charge in [-0.15, -0.1) is 0 Å². The van der Waals surface area contributed by atoms with Crippen molar-refractivity contribution in [2.75, 3.05) is 5.32 Å². The normalized spacial score (nSPS) is 17.9. The number of anilines is 1. The Morgan fingerprint density at radius 2 is 2.14 bits per heavy atom. The maximum Gasteiger partial charge on any atom is 0.222 e. The Hall–Kier alpha value is -0.830. The minimum Gasteiger partial charge on any atom is -0.352 e. The van der Waals surface area contributed by atoms with Gasteiger partial charge in [-0.3, -0.25) is 0 Å². The smallest absolute Gasteiger partial charge is 0.222 e. The van der Waals surface area contributed by atoms with Crippen LogP contribution in [0.4, 0.5) is 5.95 Å². The highest BCUT2D eigenvalue weighted by Crippen LogP contribution is 2.33. The van der Waals surface area contributed by atoms with E-state index in [-0.39, 0.29) is 0 Å². The third-order valence-corrected chi connectivity index (χ3v) is 2.57. The third-order valence-electron chi connectivity index (χ3n) is 2.38. The Labute approximate surface area is 88.9 Å². The zero-order valence-corrected chi connectivity index (χ0v) is 8.96. The Bertz CT molecular complexity index is 295. The third kappa shape index (κ3) is 2.84. The predicted molar refractivity (Wildman–Crippen MR) is 57.5 cm³/mol. The molecule has 1 aliphatic carbocycles. The molecule has 0 amide bonds. The summed E-state index contributed by atoms with van der Waals surface area (Å²) in [4.78, 5) is 8.18. The van der Waals surface area contributed by atoms with Gasteiger partial charge in [-0.05, 0) is 19.3 Å². The van der Waals surface area contributed by atoms with Crippen molar-refractivity contribution in [1.29, 1.82) is 0 Å². The lowest BCUT2D eigenvalue weighted by molar-refractivity contribution is 0.637. The van der Waals surface area contributed by atoms with Crippen molar-refractivity contribution in [3.8, 4) is 0 Å². The second-order valence-electron chi connectivity index (χ2n) is 3.95. The fourth-order valence-electron chi connectivity index (χ4n) is 1.52. The van der Waals surface area contributed by atoms with E-state index >= 15 is 0 Å². The van der Waals surface area contributed by atoms with E-state index in [2.05, 4.69) is 22.2 Å². The molecular formula is C10H14ClN3. The number of hydrogen-bond acceptors (Lipinski definition) is 3. The quantitative estimate of drug-likeness (QED) is 0.832. The summed E-state index contributed by atoms with van der Waals surface area (Å²) >= 11 is 5.69. The first-order chi connectivity index (χ1) is 6.74. The molecule has 3 nitrogen and oxygen atoms in total. The number of aromatic nitrogens is 2. The van der Waals surface area contributed by atoms with Gasteiger partial charge < -0.3 is 5.32 Å². The van der Waals surface area contributed by atoms with Gasteiger partial charge in [0.1, 0.15) is 0 Å². The molecule has 1 heterocycles. The SMILES string of the molecule is CC(CC1CC1)Nc1ncc(Cl)cn1. The number of nitrogens with one attached hydrogen (secondary N) is 1. The largest absolute Gasteiger partial charge is 0.352 e. The van der Waals surface area contributed by atoms with Gasteiger partial charge in [-0.25, -0.2) is 9.97 Å². The minimum absolute atomic E-state index is 0.448. The van der Waals surface area contributed by atoms with Crippen LogP contribution < -0.4 is 5.32 Å². The van der Waals surface area contributed by atoms with E-state index in [1.165, 1.54) is 19.3 Å². The second kappa shape index (κ2) is 4.13. The van der Waals surface area contributed by atoms with Gasteiger partial charge in [0.2, 0.25) is 5.95 Å². The highest BCUT2D eigenvalue weighted by Gasteiger charge is 2.23. The zero-order valence-electron chi connectivity index (χ0n) is 8.20. The minimum atomic E-state index is 0.448. The molecule has 2 rings (SSSR count). The van der Waals surface area contributed by atoms with Crippen LogP contribution >= 0.6 is 11.6 Å². The van der Waals surface area contributed by atoms with E-state index in [9.17, 15) is 0 Å². The van der Waals surface area contributed by atoms with E-state index in [0.29, 0.717) is 17.0 Å². The van der Waals surface area contributed by atoms with Crippen LogP contribution in [-0.2, 0) is 0 Å². The van der Waals surface area contributed by atoms with Crippen molar-refractivity contribution in [1.82, 2.24) is 9.97 Å². The van der Waals surface area contributed by atoms with E-state index in [1.54, 1.807) is 12.4 Å². The number of halogens is 1. The number of rotatable bonds is 4. The maximum absolute atomic E-state index is 5.69. The summed E-state index contributed by atoms with van der Waals surface area (Å²) in [6, 6.07) is 0.448. The molecular weight excluding hydrogens is 198 g/mol. The standard InChI is InChI=1S/C10H14ClN3/c1-7(4-8-2-3-8)14-10-12-5-9(11)6-13-10/h5-8H,2-4H2,1H3,(H,12,13,14). The van der Waals surface area contributed by atoms with Gasteiger partial charge in [0.05, 0.1) is 17.4 Å². The van der Waals surface area contributed by atoms with Crippen LogP contribution in [0.3, 0.4) is 0 Å². The molecule has 0 aromatic carbocycles. The molecule has 1 fully saturated rings. The first kappa shape index (κ1) is 9.71. The fourth-order valence-corrected chi connectivity index (χ4v) is 1.62. The van der Waals surface area contributed by atoms with Crippen molar-refractivity contribution in [2.45, 2.75) is 32.2 Å². The molecule has 0 bridgehead atoms. The summed E-state index contributed by atoms with van der Waals surface area (Å²) in [7, 11) is 0. The van der Waals surface area contributed by atoms with Crippen LogP contribution in [0.15, 0.2) is 12.4 Å². The van der Waals surface area contributed by atoms with Crippen LogP contribution in [0, 0.1) is 5.92 Å². The van der Waals surface area contributed by atoms with Crippen molar-refractivity contribution in [3.63, 3.8) is 0 Å². The van der Waals surface area contributed by atoms with Gasteiger partial charge >= 0.3 is 0 Å². The molecule has 76 valence electrons. The van der Waals surface area contributed by atoms with Crippen LogP contribution in [0.25, 0.3) is 0 Å². The predicted octanol–water partition coefficient (Wildman–Crippen LogP) is 2.73. The van der Waals surface area contributed by atoms with Gasteiger partial charge in [0.25, 0.3) is 0 Å². The van der Waals surface area contributed by atoms with Gasteiger partial charge in [-0.2, -0.15) is 0 Å². The average molecular weight is 212 g/mol. The van der Waals surface area contributed by atoms with E-state index in [1.807, 2.05) is 0 Å². The fraction of sp³-hybridized carbons (Fsp3) is 0.600. The van der Waals surface area contributed by atoms with Crippen molar-refractivity contribution in [2.24, 2.45) is 5.92 Å². The molecule has 4 heteroatoms. The molecule has 1 unspecified atom stereocenters. The molecule has 1 aromatic rings. The van der Waals surface area contributed by atoms with Crippen LogP contribution in [0.5, 0.6) is 0 Å². The monoisotopic (exact) mass is 211 g/mol. The second-order valence-corrected chi connectivity index (χ2v) is 4.39. The first-order valence-electron chi connectivity index (χ1n) is 4.98. The molecule has 0 spiro atoms. The summed E-state index contributed by atoms with van der Waals surface area (Å²) in [5.74, 6) is 1.59. The van der Waals surface area contributed by atoms with Crippen LogP contribution in [0.2, 0.25) is 5.02 Å². The molecule has 0 radical (unpaired) electrons. The molecule has 1 N–H and O–H groups in total. The van der Waals surface area contributed by atoms with Crippen molar-refractivity contribution < 1.29 is 0 Å². The van der Waals surface area contributed by atoms with Gasteiger partial charge in [-0.1, -0.05) is 24.4 Å². The molecule has 1 saturated carbocycles. The first-order valence-corrected chi connectivity index (χ1v) is 5.36. The summed E-state index contributed by atoms with van der Waals surface area (Å²) in [6.45, 7) is 2.16. The molecule has 14 heavy (non-hydrogen) atoms. The van der Waals surface area contributed by atoms with E-state index < -0.39 is 0 Å². The summed E-state index contributed by atoms with van der Waals surface area (Å²) < 4.78 is 0. The lowest BCUT2D eigenvalue weighted by Crippen LogP contribution is -2.17. The summed E-state index contributed by atoms with van der Waals surface area (Å²) in [5, 5.41) is 3.83. The lowest BCUT2D eigenvalue weighted by atomic mass is 10.2. The molecule has 0 saturated heterocycles. The average Bonchev–Trinajstić information content (AvgIpc) is 2.93. The van der Waals surface area contributed by atoms with Gasteiger partial charge in [0.15, 0.2) is 0 Å². The maximum atomic E-state index is 5.69. The van der Waals surface area contributed by atoms with Crippen LogP contribution in [0.1, 0.15) is 26.2 Å². The molecule has 0 aliphatic heterocycles. The topological polar surface area (TPSA) is 37.8 Å². The zero-order chi connectivity index (χ0) is 9.97. The molecule has 1 aromatic heterocycles.